The average Bonchev–Trinajstić information content (AvgIpc) is 2.70. The van der Waals surface area contributed by atoms with E-state index in [1.807, 2.05) is 13.8 Å². The molecule has 0 aliphatic heterocycles. The van der Waals surface area contributed by atoms with Gasteiger partial charge in [-0.05, 0) is 44.7 Å². The van der Waals surface area contributed by atoms with Gasteiger partial charge in [-0.1, -0.05) is 6.07 Å². The molecule has 0 radical (unpaired) electrons. The van der Waals surface area contributed by atoms with Crippen molar-refractivity contribution < 1.29 is 4.39 Å². The van der Waals surface area contributed by atoms with Crippen LogP contribution in [0.4, 0.5) is 4.39 Å². The van der Waals surface area contributed by atoms with Crippen LogP contribution in [0.5, 0.6) is 0 Å². The van der Waals surface area contributed by atoms with Crippen LogP contribution in [-0.4, -0.2) is 14.8 Å². The Labute approximate surface area is 120 Å². The largest absolute Gasteiger partial charge is 0.344 e. The number of hydrogen-bond donors (Lipinski definition) is 2. The molecule has 2 aromatic rings. The van der Waals surface area contributed by atoms with Crippen molar-refractivity contribution in [3.05, 3.63) is 40.1 Å². The highest BCUT2D eigenvalue weighted by Crippen LogP contribution is 2.33. The minimum Gasteiger partial charge on any atom is -0.324 e. The molecular weight excluding hydrogens is 279 g/mol. The van der Waals surface area contributed by atoms with E-state index in [9.17, 15) is 9.18 Å². The predicted molar refractivity (Wildman–Crippen MR) is 76.4 cm³/mol. The van der Waals surface area contributed by atoms with Crippen LogP contribution >= 0.6 is 11.8 Å². The molecule has 0 spiro atoms. The van der Waals surface area contributed by atoms with Crippen molar-refractivity contribution in [2.75, 3.05) is 0 Å². The summed E-state index contributed by atoms with van der Waals surface area (Å²) in [5.41, 5.74) is 5.98. The molecule has 2 rings (SSSR count). The Morgan fingerprint density at radius 3 is 2.70 bits per heavy atom. The first-order chi connectivity index (χ1) is 9.41. The zero-order valence-electron chi connectivity index (χ0n) is 11.6. The molecule has 0 aliphatic rings. The summed E-state index contributed by atoms with van der Waals surface area (Å²) in [6, 6.07) is 4.31. The molecule has 0 aliphatic carbocycles. The predicted octanol–water partition coefficient (Wildman–Crippen LogP) is 2.46. The standard InChI is InChI=1S/C13H17FN4OS/c1-7(2)18-12(19)16-17-13(18)20-10-6-4-5-9(14)11(10)8(3)15/h4-8H,15H2,1-3H3,(H,16,19)/t8-/m1/s1. The number of H-pyrrole nitrogens is 1. The van der Waals surface area contributed by atoms with Crippen molar-refractivity contribution in [1.29, 1.82) is 0 Å². The second kappa shape index (κ2) is 5.80. The van der Waals surface area contributed by atoms with Gasteiger partial charge in [0.2, 0.25) is 0 Å². The zero-order chi connectivity index (χ0) is 14.9. The van der Waals surface area contributed by atoms with Crippen LogP contribution < -0.4 is 11.4 Å². The monoisotopic (exact) mass is 296 g/mol. The number of benzene rings is 1. The Balaban J connectivity index is 2.46. The fourth-order valence-corrected chi connectivity index (χ4v) is 3.18. The van der Waals surface area contributed by atoms with Gasteiger partial charge in [0, 0.05) is 22.5 Å². The number of nitrogens with zero attached hydrogens (tertiary/aromatic N) is 2. The lowest BCUT2D eigenvalue weighted by Crippen LogP contribution is -2.19. The topological polar surface area (TPSA) is 76.7 Å². The highest BCUT2D eigenvalue weighted by Gasteiger charge is 2.18. The van der Waals surface area contributed by atoms with E-state index in [4.69, 9.17) is 5.73 Å². The summed E-state index contributed by atoms with van der Waals surface area (Å²) in [4.78, 5) is 12.4. The smallest absolute Gasteiger partial charge is 0.324 e. The van der Waals surface area contributed by atoms with Gasteiger partial charge in [-0.25, -0.2) is 14.3 Å². The first-order valence-corrected chi connectivity index (χ1v) is 7.12. The van der Waals surface area contributed by atoms with Gasteiger partial charge in [-0.2, -0.15) is 0 Å². The molecule has 0 amide bonds. The minimum absolute atomic E-state index is 0.0314. The van der Waals surface area contributed by atoms with Gasteiger partial charge in [-0.3, -0.25) is 4.57 Å². The van der Waals surface area contributed by atoms with E-state index >= 15 is 0 Å². The molecule has 0 saturated heterocycles. The lowest BCUT2D eigenvalue weighted by molar-refractivity contribution is 0.533. The fourth-order valence-electron chi connectivity index (χ4n) is 1.96. The van der Waals surface area contributed by atoms with Crippen LogP contribution in [0, 0.1) is 5.82 Å². The van der Waals surface area contributed by atoms with Crippen LogP contribution in [0.3, 0.4) is 0 Å². The van der Waals surface area contributed by atoms with Crippen LogP contribution in [0.2, 0.25) is 0 Å². The molecule has 0 fully saturated rings. The van der Waals surface area contributed by atoms with Crippen LogP contribution in [0.1, 0.15) is 38.4 Å². The van der Waals surface area contributed by atoms with E-state index < -0.39 is 6.04 Å². The molecule has 20 heavy (non-hydrogen) atoms. The van der Waals surface area contributed by atoms with Gasteiger partial charge in [0.15, 0.2) is 5.16 Å². The van der Waals surface area contributed by atoms with Crippen molar-refractivity contribution in [3.63, 3.8) is 0 Å². The molecule has 0 unspecified atom stereocenters. The Bertz CT molecular complexity index is 663. The summed E-state index contributed by atoms with van der Waals surface area (Å²) >= 11 is 1.23. The van der Waals surface area contributed by atoms with E-state index in [0.29, 0.717) is 15.6 Å². The van der Waals surface area contributed by atoms with Crippen molar-refractivity contribution in [2.24, 2.45) is 5.73 Å². The summed E-state index contributed by atoms with van der Waals surface area (Å²) in [6.07, 6.45) is 0. The molecule has 3 N–H and O–H groups in total. The van der Waals surface area contributed by atoms with Crippen molar-refractivity contribution >= 4 is 11.8 Å². The Morgan fingerprint density at radius 1 is 1.40 bits per heavy atom. The van der Waals surface area contributed by atoms with Gasteiger partial charge in [-0.15, -0.1) is 5.10 Å². The second-order valence-corrected chi connectivity index (χ2v) is 5.83. The third kappa shape index (κ3) is 2.78. The summed E-state index contributed by atoms with van der Waals surface area (Å²) in [7, 11) is 0. The van der Waals surface area contributed by atoms with Gasteiger partial charge in [0.1, 0.15) is 5.82 Å². The lowest BCUT2D eigenvalue weighted by Gasteiger charge is -2.14. The van der Waals surface area contributed by atoms with E-state index in [-0.39, 0.29) is 17.5 Å². The van der Waals surface area contributed by atoms with Gasteiger partial charge < -0.3 is 5.73 Å². The minimum atomic E-state index is -0.433. The maximum atomic E-state index is 13.9. The zero-order valence-corrected chi connectivity index (χ0v) is 12.4. The molecule has 1 heterocycles. The maximum absolute atomic E-state index is 13.9. The van der Waals surface area contributed by atoms with E-state index in [1.54, 1.807) is 19.1 Å². The maximum Gasteiger partial charge on any atom is 0.344 e. The molecular formula is C13H17FN4OS. The van der Waals surface area contributed by atoms with Crippen LogP contribution in [-0.2, 0) is 0 Å². The van der Waals surface area contributed by atoms with E-state index in [1.165, 1.54) is 22.4 Å². The third-order valence-corrected chi connectivity index (χ3v) is 3.90. The highest BCUT2D eigenvalue weighted by atomic mass is 32.2. The number of aromatic nitrogens is 3. The van der Waals surface area contributed by atoms with Crippen molar-refractivity contribution in [3.8, 4) is 0 Å². The van der Waals surface area contributed by atoms with Crippen LogP contribution in [0.15, 0.2) is 33.0 Å². The quantitative estimate of drug-likeness (QED) is 0.908. The van der Waals surface area contributed by atoms with Crippen LogP contribution in [0.25, 0.3) is 0 Å². The molecule has 1 aromatic carbocycles. The van der Waals surface area contributed by atoms with Crippen molar-refractivity contribution in [2.45, 2.75) is 42.9 Å². The number of halogens is 1. The van der Waals surface area contributed by atoms with Gasteiger partial charge in [0.05, 0.1) is 0 Å². The summed E-state index contributed by atoms with van der Waals surface area (Å²) in [5.74, 6) is -0.348. The number of nitrogens with one attached hydrogen (secondary N) is 1. The highest BCUT2D eigenvalue weighted by molar-refractivity contribution is 7.99. The Kier molecular flexibility index (Phi) is 4.29. The number of aromatic amines is 1. The summed E-state index contributed by atoms with van der Waals surface area (Å²) < 4.78 is 15.4. The van der Waals surface area contributed by atoms with E-state index in [2.05, 4.69) is 10.2 Å². The molecule has 0 bridgehead atoms. The normalized spacial score (nSPS) is 12.9. The number of hydrogen-bond acceptors (Lipinski definition) is 4. The molecule has 0 saturated carbocycles. The average molecular weight is 296 g/mol. The molecule has 7 heteroatoms. The van der Waals surface area contributed by atoms with Crippen molar-refractivity contribution in [1.82, 2.24) is 14.8 Å². The van der Waals surface area contributed by atoms with Gasteiger partial charge in [0.25, 0.3) is 0 Å². The molecule has 1 aromatic heterocycles. The Hall–Kier alpha value is -1.60. The Morgan fingerprint density at radius 2 is 2.10 bits per heavy atom. The molecule has 1 atom stereocenters. The number of rotatable bonds is 4. The molecule has 108 valence electrons. The van der Waals surface area contributed by atoms with Gasteiger partial charge >= 0.3 is 5.69 Å². The third-order valence-electron chi connectivity index (χ3n) is 2.86. The van der Waals surface area contributed by atoms with E-state index in [0.717, 1.165) is 0 Å². The fraction of sp³-hybridized carbons (Fsp3) is 0.385. The SMILES string of the molecule is CC(C)n1c(Sc2cccc(F)c2[C@@H](C)N)n[nH]c1=O. The number of nitrogens with two attached hydrogens (primary N) is 1. The lowest BCUT2D eigenvalue weighted by atomic mass is 10.1. The second-order valence-electron chi connectivity index (χ2n) is 4.82. The first-order valence-electron chi connectivity index (χ1n) is 6.30. The molecule has 5 nitrogen and oxygen atoms in total. The summed E-state index contributed by atoms with van der Waals surface area (Å²) in [5, 5.41) is 6.90. The first kappa shape index (κ1) is 14.8. The summed E-state index contributed by atoms with van der Waals surface area (Å²) in [6.45, 7) is 5.50.